The van der Waals surface area contributed by atoms with Gasteiger partial charge in [0.05, 0.1) is 46.2 Å². The minimum Gasteiger partial charge on any atom is -0.497 e. The van der Waals surface area contributed by atoms with Crippen molar-refractivity contribution in [2.45, 2.75) is 58.7 Å². The van der Waals surface area contributed by atoms with E-state index in [0.717, 1.165) is 22.4 Å². The third-order valence-electron chi connectivity index (χ3n) is 8.12. The summed E-state index contributed by atoms with van der Waals surface area (Å²) in [6, 6.07) is 13.1. The normalized spacial score (nSPS) is 15.0. The molecule has 4 rings (SSSR count). The van der Waals surface area contributed by atoms with Gasteiger partial charge in [-0.15, -0.1) is 0 Å². The number of anilines is 1. The Morgan fingerprint density at radius 3 is 2.13 bits per heavy atom. The Labute approximate surface area is 264 Å². The standard InChI is InChI=1S/C35H43N3O7/c1-19(2)32(22-9-12-24(42-5)13-10-22)38-35(41)20(3)36-28-16-14-25-26(18-29(28)40)27(37-21(4)39)15-11-23-17-30(43-6)33(44-7)34(45-8)31(23)25/h9-10,12-14,16-20,27,32H,11,15H2,1-8H3,(H,36,40)(H,37,39)(H,38,41). The van der Waals surface area contributed by atoms with Gasteiger partial charge < -0.3 is 34.9 Å². The second kappa shape index (κ2) is 14.4. The molecule has 3 N–H and O–H groups in total. The van der Waals surface area contributed by atoms with Gasteiger partial charge in [0.1, 0.15) is 11.8 Å². The van der Waals surface area contributed by atoms with Crippen LogP contribution in [0.2, 0.25) is 0 Å². The van der Waals surface area contributed by atoms with Gasteiger partial charge in [-0.2, -0.15) is 0 Å². The Balaban J connectivity index is 1.74. The molecular formula is C35H43N3O7. The number of carbonyl (C=O) groups excluding carboxylic acids is 2. The smallest absolute Gasteiger partial charge is 0.242 e. The third kappa shape index (κ3) is 7.16. The quantitative estimate of drug-likeness (QED) is 0.269. The zero-order valence-corrected chi connectivity index (χ0v) is 27.2. The van der Waals surface area contributed by atoms with E-state index in [-0.39, 0.29) is 34.9 Å². The number of aryl methyl sites for hydroxylation is 1. The van der Waals surface area contributed by atoms with Gasteiger partial charge in [0.2, 0.25) is 23.0 Å². The van der Waals surface area contributed by atoms with Gasteiger partial charge in [0, 0.05) is 12.5 Å². The number of nitrogens with one attached hydrogen (secondary N) is 3. The lowest BCUT2D eigenvalue weighted by Crippen LogP contribution is -2.41. The van der Waals surface area contributed by atoms with Crippen molar-refractivity contribution in [3.05, 3.63) is 75.4 Å². The molecular weight excluding hydrogens is 574 g/mol. The molecule has 3 unspecified atom stereocenters. The molecule has 0 fully saturated rings. The Morgan fingerprint density at radius 1 is 0.867 bits per heavy atom. The minimum absolute atomic E-state index is 0.117. The highest BCUT2D eigenvalue weighted by Crippen LogP contribution is 2.50. The molecule has 10 heteroatoms. The molecule has 0 saturated heterocycles. The van der Waals surface area contributed by atoms with Crippen molar-refractivity contribution in [2.24, 2.45) is 5.92 Å². The van der Waals surface area contributed by atoms with Gasteiger partial charge in [-0.3, -0.25) is 14.4 Å². The van der Waals surface area contributed by atoms with Crippen molar-refractivity contribution in [3.63, 3.8) is 0 Å². The fraction of sp³-hybridized carbons (Fsp3) is 0.400. The summed E-state index contributed by atoms with van der Waals surface area (Å²) in [6.45, 7) is 7.24. The predicted molar refractivity (Wildman–Crippen MR) is 174 cm³/mol. The first kappa shape index (κ1) is 33.2. The zero-order chi connectivity index (χ0) is 32.8. The maximum Gasteiger partial charge on any atom is 0.242 e. The molecule has 2 amide bonds. The average molecular weight is 618 g/mol. The molecule has 45 heavy (non-hydrogen) atoms. The van der Waals surface area contributed by atoms with Gasteiger partial charge in [-0.1, -0.05) is 32.0 Å². The number of hydrogen-bond donors (Lipinski definition) is 3. The molecule has 10 nitrogen and oxygen atoms in total. The molecule has 0 aliphatic heterocycles. The number of methoxy groups -OCH3 is 4. The molecule has 0 aromatic heterocycles. The maximum atomic E-state index is 13.7. The van der Waals surface area contributed by atoms with E-state index in [1.165, 1.54) is 20.1 Å². The van der Waals surface area contributed by atoms with E-state index in [2.05, 4.69) is 16.0 Å². The van der Waals surface area contributed by atoms with Crippen LogP contribution in [-0.4, -0.2) is 46.3 Å². The zero-order valence-electron chi connectivity index (χ0n) is 27.2. The lowest BCUT2D eigenvalue weighted by atomic mass is 9.95. The number of ether oxygens (including phenoxy) is 4. The van der Waals surface area contributed by atoms with E-state index >= 15 is 0 Å². The number of amides is 2. The first-order valence-electron chi connectivity index (χ1n) is 15.0. The number of fused-ring (bicyclic) bond motifs is 3. The lowest BCUT2D eigenvalue weighted by molar-refractivity contribution is -0.122. The van der Waals surface area contributed by atoms with Crippen LogP contribution in [0, 0.1) is 5.92 Å². The second-order valence-corrected chi connectivity index (χ2v) is 11.5. The van der Waals surface area contributed by atoms with E-state index in [1.807, 2.05) is 50.2 Å². The molecule has 0 spiro atoms. The van der Waals surface area contributed by atoms with E-state index in [9.17, 15) is 14.4 Å². The van der Waals surface area contributed by atoms with Gasteiger partial charge in [-0.25, -0.2) is 0 Å². The summed E-state index contributed by atoms with van der Waals surface area (Å²) >= 11 is 0. The molecule has 3 aromatic rings. The van der Waals surface area contributed by atoms with Crippen LogP contribution in [0.1, 0.15) is 62.9 Å². The molecule has 0 heterocycles. The van der Waals surface area contributed by atoms with Crippen molar-refractivity contribution in [1.82, 2.24) is 10.6 Å². The molecule has 0 radical (unpaired) electrons. The van der Waals surface area contributed by atoms with E-state index in [1.54, 1.807) is 34.3 Å². The highest BCUT2D eigenvalue weighted by Gasteiger charge is 2.30. The van der Waals surface area contributed by atoms with Gasteiger partial charge >= 0.3 is 0 Å². The Hall–Kier alpha value is -4.73. The minimum atomic E-state index is -0.725. The van der Waals surface area contributed by atoms with E-state index in [4.69, 9.17) is 18.9 Å². The second-order valence-electron chi connectivity index (χ2n) is 11.5. The van der Waals surface area contributed by atoms with Crippen LogP contribution in [-0.2, 0) is 16.0 Å². The first-order chi connectivity index (χ1) is 21.5. The molecule has 240 valence electrons. The largest absolute Gasteiger partial charge is 0.497 e. The Kier molecular flexibility index (Phi) is 10.6. The summed E-state index contributed by atoms with van der Waals surface area (Å²) in [5, 5.41) is 9.26. The summed E-state index contributed by atoms with van der Waals surface area (Å²) in [5.41, 5.74) is 3.92. The summed E-state index contributed by atoms with van der Waals surface area (Å²) in [4.78, 5) is 39.3. The van der Waals surface area contributed by atoms with Crippen molar-refractivity contribution in [2.75, 3.05) is 33.8 Å². The number of carbonyl (C=O) groups is 2. The summed E-state index contributed by atoms with van der Waals surface area (Å²) < 4.78 is 22.4. The summed E-state index contributed by atoms with van der Waals surface area (Å²) in [6.07, 6.45) is 1.14. The summed E-state index contributed by atoms with van der Waals surface area (Å²) in [7, 11) is 6.27. The monoisotopic (exact) mass is 617 g/mol. The van der Waals surface area contributed by atoms with Crippen LogP contribution < -0.4 is 40.3 Å². The highest BCUT2D eigenvalue weighted by molar-refractivity contribution is 5.86. The van der Waals surface area contributed by atoms with Crippen molar-refractivity contribution < 1.29 is 28.5 Å². The van der Waals surface area contributed by atoms with Crippen LogP contribution >= 0.6 is 0 Å². The van der Waals surface area contributed by atoms with Crippen LogP contribution in [0.15, 0.2) is 53.3 Å². The molecule has 1 aliphatic carbocycles. The molecule has 3 aromatic carbocycles. The van der Waals surface area contributed by atoms with Gasteiger partial charge in [0.25, 0.3) is 0 Å². The lowest BCUT2D eigenvalue weighted by Gasteiger charge is -2.25. The number of hydrogen-bond acceptors (Lipinski definition) is 8. The van der Waals surface area contributed by atoms with E-state index < -0.39 is 12.1 Å². The van der Waals surface area contributed by atoms with Crippen LogP contribution in [0.5, 0.6) is 23.0 Å². The fourth-order valence-electron chi connectivity index (χ4n) is 5.85. The number of rotatable bonds is 11. The topological polar surface area (TPSA) is 124 Å². The SMILES string of the molecule is COc1ccc(C(NC(=O)C(C)Nc2ccc3c(cc2=O)C(NC(C)=O)CCc2cc(OC)c(OC)c(OC)c2-3)C(C)C)cc1. The Bertz CT molecular complexity index is 1600. The fourth-order valence-corrected chi connectivity index (χ4v) is 5.85. The van der Waals surface area contributed by atoms with Crippen molar-refractivity contribution in [3.8, 4) is 34.1 Å². The molecule has 0 bridgehead atoms. The van der Waals surface area contributed by atoms with E-state index in [0.29, 0.717) is 41.2 Å². The first-order valence-corrected chi connectivity index (χ1v) is 15.0. The van der Waals surface area contributed by atoms with Crippen LogP contribution in [0.3, 0.4) is 0 Å². The Morgan fingerprint density at radius 2 is 1.56 bits per heavy atom. The number of benzene rings is 2. The third-order valence-corrected chi connectivity index (χ3v) is 8.12. The predicted octanol–water partition coefficient (Wildman–Crippen LogP) is 5.19. The summed E-state index contributed by atoms with van der Waals surface area (Å²) in [5.74, 6) is 1.81. The average Bonchev–Trinajstić information content (AvgIpc) is 3.26. The van der Waals surface area contributed by atoms with Crippen LogP contribution in [0.25, 0.3) is 11.1 Å². The van der Waals surface area contributed by atoms with Crippen molar-refractivity contribution in [1.29, 1.82) is 0 Å². The maximum absolute atomic E-state index is 13.7. The van der Waals surface area contributed by atoms with Gasteiger partial charge in [-0.05, 0) is 78.3 Å². The molecule has 1 aliphatic rings. The molecule has 0 saturated carbocycles. The highest BCUT2D eigenvalue weighted by atomic mass is 16.5. The van der Waals surface area contributed by atoms with Gasteiger partial charge in [0.15, 0.2) is 11.5 Å². The molecule has 3 atom stereocenters. The van der Waals surface area contributed by atoms with Crippen LogP contribution in [0.4, 0.5) is 5.69 Å². The van der Waals surface area contributed by atoms with Crippen molar-refractivity contribution >= 4 is 17.5 Å².